The third kappa shape index (κ3) is 2.68. The summed E-state index contributed by atoms with van der Waals surface area (Å²) in [7, 11) is 0. The van der Waals surface area contributed by atoms with E-state index in [-0.39, 0.29) is 6.04 Å². The van der Waals surface area contributed by atoms with Gasteiger partial charge in [-0.15, -0.1) is 5.10 Å². The summed E-state index contributed by atoms with van der Waals surface area (Å²) in [5, 5.41) is 20.7. The van der Waals surface area contributed by atoms with Crippen LogP contribution >= 0.6 is 0 Å². The minimum Gasteiger partial charge on any atom is -0.481 e. The quantitative estimate of drug-likeness (QED) is 0.903. The molecule has 20 heavy (non-hydrogen) atoms. The minimum absolute atomic E-state index is 0.316. The molecule has 106 valence electrons. The van der Waals surface area contributed by atoms with Crippen molar-refractivity contribution in [3.63, 3.8) is 0 Å². The Kier molecular flexibility index (Phi) is 4.12. The van der Waals surface area contributed by atoms with Gasteiger partial charge in [0, 0.05) is 5.56 Å². The van der Waals surface area contributed by atoms with E-state index in [1.807, 2.05) is 24.3 Å². The highest BCUT2D eigenvalue weighted by Crippen LogP contribution is 2.24. The molecule has 0 spiro atoms. The van der Waals surface area contributed by atoms with E-state index < -0.39 is 11.9 Å². The van der Waals surface area contributed by atoms with E-state index in [2.05, 4.69) is 22.4 Å². The normalized spacial score (nSPS) is 13.9. The Balaban J connectivity index is 2.34. The van der Waals surface area contributed by atoms with Gasteiger partial charge in [-0.3, -0.25) is 4.79 Å². The van der Waals surface area contributed by atoms with Crippen molar-refractivity contribution in [2.24, 2.45) is 5.92 Å². The van der Waals surface area contributed by atoms with Crippen molar-refractivity contribution in [2.75, 3.05) is 0 Å². The molecule has 2 unspecified atom stereocenters. The topological polar surface area (TPSA) is 80.9 Å². The third-order valence-corrected chi connectivity index (χ3v) is 3.61. The maximum atomic E-state index is 11.1. The minimum atomic E-state index is -0.861. The lowest BCUT2D eigenvalue weighted by atomic mass is 10.0. The van der Waals surface area contributed by atoms with Crippen LogP contribution in [-0.2, 0) is 11.2 Å². The molecule has 0 fully saturated rings. The lowest BCUT2D eigenvalue weighted by Gasteiger charge is -2.17. The Labute approximate surface area is 117 Å². The molecule has 1 heterocycles. The maximum absolute atomic E-state index is 11.1. The predicted octanol–water partition coefficient (Wildman–Crippen LogP) is 2.18. The van der Waals surface area contributed by atoms with E-state index in [1.54, 1.807) is 18.5 Å². The standard InChI is InChI=1S/C14H18N4O2/c1-4-11-5-7-12(8-6-11)13-15-16-17-18(13)10(3)9(2)14(19)20/h5-10H,4H2,1-3H3,(H,19,20). The Bertz CT molecular complexity index is 591. The molecule has 2 aromatic rings. The Morgan fingerprint density at radius 3 is 2.50 bits per heavy atom. The first-order chi connectivity index (χ1) is 9.54. The molecule has 0 aliphatic carbocycles. The molecule has 2 rings (SSSR count). The number of rotatable bonds is 5. The predicted molar refractivity (Wildman–Crippen MR) is 74.1 cm³/mol. The summed E-state index contributed by atoms with van der Waals surface area (Å²) in [5.74, 6) is -0.833. The first-order valence-electron chi connectivity index (χ1n) is 6.64. The zero-order valence-electron chi connectivity index (χ0n) is 11.8. The van der Waals surface area contributed by atoms with Gasteiger partial charge in [0.25, 0.3) is 0 Å². The van der Waals surface area contributed by atoms with Crippen LogP contribution in [0, 0.1) is 5.92 Å². The van der Waals surface area contributed by atoms with E-state index >= 15 is 0 Å². The van der Waals surface area contributed by atoms with Gasteiger partial charge in [0.15, 0.2) is 5.82 Å². The summed E-state index contributed by atoms with van der Waals surface area (Å²) in [6.07, 6.45) is 0.970. The highest BCUT2D eigenvalue weighted by atomic mass is 16.4. The molecule has 6 nitrogen and oxygen atoms in total. The molecule has 2 atom stereocenters. The Morgan fingerprint density at radius 2 is 1.95 bits per heavy atom. The molecule has 0 bridgehead atoms. The molecule has 0 aliphatic heterocycles. The second-order valence-electron chi connectivity index (χ2n) is 4.87. The number of hydrogen-bond donors (Lipinski definition) is 1. The lowest BCUT2D eigenvalue weighted by molar-refractivity contribution is -0.142. The van der Waals surface area contributed by atoms with E-state index in [0.29, 0.717) is 5.82 Å². The summed E-state index contributed by atoms with van der Waals surface area (Å²) in [6, 6.07) is 7.65. The van der Waals surface area contributed by atoms with Crippen molar-refractivity contribution in [2.45, 2.75) is 33.2 Å². The Hall–Kier alpha value is -2.24. The summed E-state index contributed by atoms with van der Waals surface area (Å²) in [6.45, 7) is 5.55. The van der Waals surface area contributed by atoms with E-state index in [0.717, 1.165) is 12.0 Å². The van der Waals surface area contributed by atoms with Crippen molar-refractivity contribution in [3.8, 4) is 11.4 Å². The number of benzene rings is 1. The van der Waals surface area contributed by atoms with Crippen molar-refractivity contribution < 1.29 is 9.90 Å². The van der Waals surface area contributed by atoms with E-state index in [9.17, 15) is 4.79 Å². The number of carboxylic acid groups (broad SMARTS) is 1. The van der Waals surface area contributed by atoms with Crippen LogP contribution in [0.2, 0.25) is 0 Å². The van der Waals surface area contributed by atoms with E-state index in [1.165, 1.54) is 5.56 Å². The van der Waals surface area contributed by atoms with Crippen LogP contribution in [0.5, 0.6) is 0 Å². The highest BCUT2D eigenvalue weighted by molar-refractivity contribution is 5.70. The fraction of sp³-hybridized carbons (Fsp3) is 0.429. The zero-order valence-corrected chi connectivity index (χ0v) is 11.8. The number of nitrogens with zero attached hydrogens (tertiary/aromatic N) is 4. The fourth-order valence-corrected chi connectivity index (χ4v) is 1.97. The SMILES string of the molecule is CCc1ccc(-c2nnnn2C(C)C(C)C(=O)O)cc1. The monoisotopic (exact) mass is 274 g/mol. The molecular weight excluding hydrogens is 256 g/mol. The van der Waals surface area contributed by atoms with Crippen LogP contribution in [-0.4, -0.2) is 31.3 Å². The summed E-state index contributed by atoms with van der Waals surface area (Å²) >= 11 is 0. The number of aromatic nitrogens is 4. The molecule has 0 saturated heterocycles. The number of tetrazole rings is 1. The van der Waals surface area contributed by atoms with Gasteiger partial charge in [-0.25, -0.2) is 4.68 Å². The number of hydrogen-bond acceptors (Lipinski definition) is 4. The number of carboxylic acids is 1. The molecule has 1 N–H and O–H groups in total. The second kappa shape index (κ2) is 5.81. The first-order valence-corrected chi connectivity index (χ1v) is 6.64. The van der Waals surface area contributed by atoms with Crippen molar-refractivity contribution in [3.05, 3.63) is 29.8 Å². The van der Waals surface area contributed by atoms with Gasteiger partial charge in [-0.05, 0) is 36.3 Å². The Morgan fingerprint density at radius 1 is 1.30 bits per heavy atom. The summed E-state index contributed by atoms with van der Waals surface area (Å²) in [4.78, 5) is 11.1. The average Bonchev–Trinajstić information content (AvgIpc) is 2.95. The smallest absolute Gasteiger partial charge is 0.308 e. The van der Waals surface area contributed by atoms with Crippen LogP contribution in [0.4, 0.5) is 0 Å². The molecule has 6 heteroatoms. The molecule has 0 aliphatic rings. The van der Waals surface area contributed by atoms with Gasteiger partial charge in [-0.1, -0.05) is 31.2 Å². The molecule has 1 aromatic carbocycles. The molecule has 0 radical (unpaired) electrons. The van der Waals surface area contributed by atoms with Gasteiger partial charge < -0.3 is 5.11 Å². The third-order valence-electron chi connectivity index (χ3n) is 3.61. The summed E-state index contributed by atoms with van der Waals surface area (Å²) in [5.41, 5.74) is 2.12. The second-order valence-corrected chi connectivity index (χ2v) is 4.87. The maximum Gasteiger partial charge on any atom is 0.308 e. The number of carbonyl (C=O) groups is 1. The van der Waals surface area contributed by atoms with Crippen molar-refractivity contribution >= 4 is 5.97 Å². The van der Waals surface area contributed by atoms with Gasteiger partial charge in [0.05, 0.1) is 12.0 Å². The summed E-state index contributed by atoms with van der Waals surface area (Å²) < 4.78 is 1.57. The lowest BCUT2D eigenvalue weighted by Crippen LogP contribution is -2.23. The van der Waals surface area contributed by atoms with Gasteiger partial charge in [0.1, 0.15) is 0 Å². The number of aliphatic carboxylic acids is 1. The highest BCUT2D eigenvalue weighted by Gasteiger charge is 2.24. The average molecular weight is 274 g/mol. The molecule has 0 amide bonds. The van der Waals surface area contributed by atoms with Gasteiger partial charge in [-0.2, -0.15) is 0 Å². The van der Waals surface area contributed by atoms with Crippen molar-refractivity contribution in [1.82, 2.24) is 20.2 Å². The van der Waals surface area contributed by atoms with Crippen LogP contribution < -0.4 is 0 Å². The fourth-order valence-electron chi connectivity index (χ4n) is 1.97. The van der Waals surface area contributed by atoms with Gasteiger partial charge >= 0.3 is 5.97 Å². The van der Waals surface area contributed by atoms with Crippen LogP contribution in [0.15, 0.2) is 24.3 Å². The number of aryl methyl sites for hydroxylation is 1. The molecule has 1 aromatic heterocycles. The zero-order chi connectivity index (χ0) is 14.7. The van der Waals surface area contributed by atoms with Crippen molar-refractivity contribution in [1.29, 1.82) is 0 Å². The van der Waals surface area contributed by atoms with Crippen LogP contribution in [0.25, 0.3) is 11.4 Å². The van der Waals surface area contributed by atoms with E-state index in [4.69, 9.17) is 5.11 Å². The van der Waals surface area contributed by atoms with Crippen LogP contribution in [0.3, 0.4) is 0 Å². The van der Waals surface area contributed by atoms with Gasteiger partial charge in [0.2, 0.25) is 0 Å². The molecule has 0 saturated carbocycles. The first kappa shape index (κ1) is 14.2. The van der Waals surface area contributed by atoms with Crippen LogP contribution in [0.1, 0.15) is 32.4 Å². The largest absolute Gasteiger partial charge is 0.481 e. The molecular formula is C14H18N4O2.